The SMILES string of the molecule is CC1CCCCC1c1nc2c(NC=O)cccc2[nH]1. The van der Waals surface area contributed by atoms with E-state index in [2.05, 4.69) is 17.2 Å². The number of carbonyl (C=O) groups excluding carboxylic acids is 1. The van der Waals surface area contributed by atoms with E-state index in [0.29, 0.717) is 18.2 Å². The van der Waals surface area contributed by atoms with Gasteiger partial charge in [0.15, 0.2) is 0 Å². The number of fused-ring (bicyclic) bond motifs is 1. The molecule has 1 aliphatic rings. The Labute approximate surface area is 112 Å². The Morgan fingerprint density at radius 2 is 2.21 bits per heavy atom. The molecule has 0 saturated heterocycles. The summed E-state index contributed by atoms with van der Waals surface area (Å²) >= 11 is 0. The lowest BCUT2D eigenvalue weighted by atomic mass is 9.80. The van der Waals surface area contributed by atoms with Gasteiger partial charge in [-0.1, -0.05) is 32.3 Å². The second-order valence-corrected chi connectivity index (χ2v) is 5.45. The number of benzene rings is 1. The first-order valence-corrected chi connectivity index (χ1v) is 6.98. The molecule has 19 heavy (non-hydrogen) atoms. The van der Waals surface area contributed by atoms with Gasteiger partial charge >= 0.3 is 0 Å². The fourth-order valence-corrected chi connectivity index (χ4v) is 3.13. The molecule has 0 bridgehead atoms. The van der Waals surface area contributed by atoms with E-state index >= 15 is 0 Å². The summed E-state index contributed by atoms with van der Waals surface area (Å²) in [6.07, 6.45) is 5.80. The lowest BCUT2D eigenvalue weighted by Gasteiger charge is -2.26. The number of H-pyrrole nitrogens is 1. The van der Waals surface area contributed by atoms with Crippen LogP contribution in [0.4, 0.5) is 5.69 Å². The summed E-state index contributed by atoms with van der Waals surface area (Å²) in [6.45, 7) is 2.31. The molecule has 0 aliphatic heterocycles. The molecule has 2 atom stereocenters. The first-order valence-electron chi connectivity index (χ1n) is 6.98. The maximum absolute atomic E-state index is 10.6. The average molecular weight is 257 g/mol. The molecule has 1 heterocycles. The molecule has 4 heteroatoms. The number of carbonyl (C=O) groups is 1. The molecule has 0 radical (unpaired) electrons. The summed E-state index contributed by atoms with van der Waals surface area (Å²) < 4.78 is 0. The number of nitrogens with one attached hydrogen (secondary N) is 2. The lowest BCUT2D eigenvalue weighted by Crippen LogP contribution is -2.15. The van der Waals surface area contributed by atoms with Gasteiger partial charge in [-0.3, -0.25) is 4.79 Å². The summed E-state index contributed by atoms with van der Waals surface area (Å²) in [5, 5.41) is 2.71. The number of aromatic amines is 1. The monoisotopic (exact) mass is 257 g/mol. The van der Waals surface area contributed by atoms with E-state index in [1.807, 2.05) is 18.2 Å². The van der Waals surface area contributed by atoms with Crippen LogP contribution in [0.3, 0.4) is 0 Å². The molecule has 2 aromatic rings. The smallest absolute Gasteiger partial charge is 0.211 e. The Balaban J connectivity index is 2.01. The van der Waals surface area contributed by atoms with E-state index in [9.17, 15) is 4.79 Å². The van der Waals surface area contributed by atoms with Crippen LogP contribution in [0.25, 0.3) is 11.0 Å². The maximum atomic E-state index is 10.6. The number of nitrogens with zero attached hydrogens (tertiary/aromatic N) is 1. The number of hydrogen-bond donors (Lipinski definition) is 2. The highest BCUT2D eigenvalue weighted by Gasteiger charge is 2.25. The zero-order valence-electron chi connectivity index (χ0n) is 11.1. The molecular weight excluding hydrogens is 238 g/mol. The predicted molar refractivity (Wildman–Crippen MR) is 76.2 cm³/mol. The van der Waals surface area contributed by atoms with Crippen LogP contribution < -0.4 is 5.32 Å². The van der Waals surface area contributed by atoms with Gasteiger partial charge in [-0.2, -0.15) is 0 Å². The van der Waals surface area contributed by atoms with Crippen molar-refractivity contribution in [3.8, 4) is 0 Å². The van der Waals surface area contributed by atoms with Crippen molar-refractivity contribution in [3.05, 3.63) is 24.0 Å². The Morgan fingerprint density at radius 1 is 1.37 bits per heavy atom. The second kappa shape index (κ2) is 5.03. The third-order valence-corrected chi connectivity index (χ3v) is 4.21. The van der Waals surface area contributed by atoms with E-state index in [0.717, 1.165) is 22.5 Å². The minimum atomic E-state index is 0.519. The van der Waals surface area contributed by atoms with Crippen LogP contribution in [0, 0.1) is 5.92 Å². The van der Waals surface area contributed by atoms with Crippen LogP contribution in [-0.2, 0) is 4.79 Å². The molecular formula is C15H19N3O. The Morgan fingerprint density at radius 3 is 3.00 bits per heavy atom. The zero-order valence-corrected chi connectivity index (χ0v) is 11.1. The Kier molecular flexibility index (Phi) is 3.23. The molecule has 1 fully saturated rings. The molecule has 3 rings (SSSR count). The quantitative estimate of drug-likeness (QED) is 0.828. The minimum Gasteiger partial charge on any atom is -0.342 e. The number of para-hydroxylation sites is 1. The van der Waals surface area contributed by atoms with E-state index in [-0.39, 0.29) is 0 Å². The number of rotatable bonds is 3. The van der Waals surface area contributed by atoms with Gasteiger partial charge in [0.25, 0.3) is 0 Å². The van der Waals surface area contributed by atoms with E-state index in [4.69, 9.17) is 4.98 Å². The fraction of sp³-hybridized carbons (Fsp3) is 0.467. The summed E-state index contributed by atoms with van der Waals surface area (Å²) in [6, 6.07) is 5.82. The van der Waals surface area contributed by atoms with E-state index in [1.54, 1.807) is 0 Å². The number of aromatic nitrogens is 2. The second-order valence-electron chi connectivity index (χ2n) is 5.45. The molecule has 0 spiro atoms. The van der Waals surface area contributed by atoms with Crippen molar-refractivity contribution in [2.24, 2.45) is 5.92 Å². The normalized spacial score (nSPS) is 23.4. The number of amides is 1. The summed E-state index contributed by atoms with van der Waals surface area (Å²) in [5.41, 5.74) is 2.64. The standard InChI is InChI=1S/C15H19N3O/c1-10-5-2-3-6-11(10)15-17-13-8-4-7-12(16-9-19)14(13)18-15/h4,7-11H,2-3,5-6H2,1H3,(H,16,19)(H,17,18). The van der Waals surface area contributed by atoms with Gasteiger partial charge in [-0.15, -0.1) is 0 Å². The van der Waals surface area contributed by atoms with Gasteiger partial charge in [0.05, 0.1) is 11.2 Å². The lowest BCUT2D eigenvalue weighted by molar-refractivity contribution is -0.105. The van der Waals surface area contributed by atoms with Crippen molar-refractivity contribution < 1.29 is 4.79 Å². The minimum absolute atomic E-state index is 0.519. The molecule has 1 amide bonds. The van der Waals surface area contributed by atoms with Gasteiger partial charge in [0, 0.05) is 5.92 Å². The molecule has 1 aromatic carbocycles. The van der Waals surface area contributed by atoms with Gasteiger partial charge < -0.3 is 10.3 Å². The van der Waals surface area contributed by atoms with Gasteiger partial charge in [-0.05, 0) is 24.5 Å². The van der Waals surface area contributed by atoms with Crippen LogP contribution >= 0.6 is 0 Å². The Bertz CT molecular complexity index is 590. The van der Waals surface area contributed by atoms with Crippen LogP contribution in [0.5, 0.6) is 0 Å². The van der Waals surface area contributed by atoms with Crippen LogP contribution in [-0.4, -0.2) is 16.4 Å². The van der Waals surface area contributed by atoms with Crippen molar-refractivity contribution >= 4 is 23.1 Å². The first kappa shape index (κ1) is 12.2. The summed E-state index contributed by atoms with van der Waals surface area (Å²) in [7, 11) is 0. The molecule has 4 nitrogen and oxygen atoms in total. The Hall–Kier alpha value is -1.84. The molecule has 2 N–H and O–H groups in total. The third kappa shape index (κ3) is 2.23. The first-order chi connectivity index (χ1) is 9.29. The van der Waals surface area contributed by atoms with Crippen molar-refractivity contribution in [1.82, 2.24) is 9.97 Å². The fourth-order valence-electron chi connectivity index (χ4n) is 3.13. The molecule has 1 aromatic heterocycles. The average Bonchev–Trinajstić information content (AvgIpc) is 2.84. The van der Waals surface area contributed by atoms with E-state index < -0.39 is 0 Å². The molecule has 2 unspecified atom stereocenters. The van der Waals surface area contributed by atoms with Gasteiger partial charge in [0.1, 0.15) is 11.3 Å². The van der Waals surface area contributed by atoms with Crippen molar-refractivity contribution in [3.63, 3.8) is 0 Å². The van der Waals surface area contributed by atoms with Gasteiger partial charge in [0.2, 0.25) is 6.41 Å². The summed E-state index contributed by atoms with van der Waals surface area (Å²) in [4.78, 5) is 18.8. The highest BCUT2D eigenvalue weighted by molar-refractivity contribution is 5.92. The molecule has 100 valence electrons. The largest absolute Gasteiger partial charge is 0.342 e. The van der Waals surface area contributed by atoms with Crippen molar-refractivity contribution in [2.45, 2.75) is 38.5 Å². The van der Waals surface area contributed by atoms with Crippen LogP contribution in [0.1, 0.15) is 44.3 Å². The maximum Gasteiger partial charge on any atom is 0.211 e. The third-order valence-electron chi connectivity index (χ3n) is 4.21. The highest BCUT2D eigenvalue weighted by Crippen LogP contribution is 2.37. The van der Waals surface area contributed by atoms with Crippen LogP contribution in [0.15, 0.2) is 18.2 Å². The number of imidazole rings is 1. The number of anilines is 1. The molecule has 1 aliphatic carbocycles. The van der Waals surface area contributed by atoms with Crippen LogP contribution in [0.2, 0.25) is 0 Å². The summed E-state index contributed by atoms with van der Waals surface area (Å²) in [5.74, 6) is 2.27. The van der Waals surface area contributed by atoms with Crippen molar-refractivity contribution in [2.75, 3.05) is 5.32 Å². The topological polar surface area (TPSA) is 57.8 Å². The zero-order chi connectivity index (χ0) is 13.2. The molecule has 1 saturated carbocycles. The number of hydrogen-bond acceptors (Lipinski definition) is 2. The van der Waals surface area contributed by atoms with Gasteiger partial charge in [-0.25, -0.2) is 4.98 Å². The highest BCUT2D eigenvalue weighted by atomic mass is 16.1. The van der Waals surface area contributed by atoms with Crippen molar-refractivity contribution in [1.29, 1.82) is 0 Å². The van der Waals surface area contributed by atoms with E-state index in [1.165, 1.54) is 25.7 Å². The predicted octanol–water partition coefficient (Wildman–Crippen LogP) is 3.42.